The van der Waals surface area contributed by atoms with Crippen LogP contribution in [-0.4, -0.2) is 82.3 Å². The zero-order valence-corrected chi connectivity index (χ0v) is 16.3. The van der Waals surface area contributed by atoms with Crippen LogP contribution in [0.1, 0.15) is 19.3 Å². The lowest BCUT2D eigenvalue weighted by Crippen LogP contribution is -2.53. The summed E-state index contributed by atoms with van der Waals surface area (Å²) in [5.74, 6) is 1.98. The molecular weight excluding hydrogens is 326 g/mol. The van der Waals surface area contributed by atoms with Crippen LogP contribution in [0.15, 0.2) is 29.3 Å². The predicted octanol–water partition coefficient (Wildman–Crippen LogP) is 1.88. The normalized spacial score (nSPS) is 19.5. The van der Waals surface area contributed by atoms with Gasteiger partial charge in [0.15, 0.2) is 5.96 Å². The zero-order chi connectivity index (χ0) is 18.2. The molecule has 2 fully saturated rings. The highest BCUT2D eigenvalue weighted by Crippen LogP contribution is 2.28. The van der Waals surface area contributed by atoms with E-state index < -0.39 is 0 Å². The van der Waals surface area contributed by atoms with Crippen LogP contribution >= 0.6 is 0 Å². The second-order valence-corrected chi connectivity index (χ2v) is 7.02. The number of nitrogens with one attached hydrogen (secondary N) is 1. The number of anilines is 1. The highest BCUT2D eigenvalue weighted by atomic mass is 16.5. The number of ether oxygens (including phenoxy) is 1. The van der Waals surface area contributed by atoms with Crippen molar-refractivity contribution in [3.8, 4) is 5.75 Å². The lowest BCUT2D eigenvalue weighted by atomic mass is 10.1. The fraction of sp³-hybridized carbons (Fsp3) is 0.650. The molecule has 26 heavy (non-hydrogen) atoms. The Hall–Kier alpha value is -1.95. The van der Waals surface area contributed by atoms with Crippen LogP contribution < -0.4 is 15.0 Å². The summed E-state index contributed by atoms with van der Waals surface area (Å²) >= 11 is 0. The highest BCUT2D eigenvalue weighted by molar-refractivity contribution is 5.80. The Morgan fingerprint density at radius 3 is 2.46 bits per heavy atom. The fourth-order valence-corrected chi connectivity index (χ4v) is 3.89. The first-order valence-corrected chi connectivity index (χ1v) is 9.87. The fourth-order valence-electron chi connectivity index (χ4n) is 3.89. The van der Waals surface area contributed by atoms with E-state index in [9.17, 15) is 0 Å². The molecule has 0 atom stereocenters. The minimum atomic E-state index is 0.949. The summed E-state index contributed by atoms with van der Waals surface area (Å²) in [6, 6.07) is 8.26. The molecule has 0 unspecified atom stereocenters. The molecule has 1 aromatic carbocycles. The Morgan fingerprint density at radius 2 is 1.77 bits per heavy atom. The molecule has 0 amide bonds. The molecule has 1 aromatic rings. The van der Waals surface area contributed by atoms with Crippen molar-refractivity contribution >= 4 is 11.6 Å². The minimum Gasteiger partial charge on any atom is -0.495 e. The molecule has 1 N–H and O–H groups in total. The topological polar surface area (TPSA) is 43.3 Å². The Bertz CT molecular complexity index is 577. The van der Waals surface area contributed by atoms with Gasteiger partial charge in [-0.2, -0.15) is 0 Å². The summed E-state index contributed by atoms with van der Waals surface area (Å²) in [7, 11) is 3.62. The van der Waals surface area contributed by atoms with Crippen LogP contribution in [0.3, 0.4) is 0 Å². The van der Waals surface area contributed by atoms with E-state index in [1.165, 1.54) is 38.0 Å². The third-order valence-electron chi connectivity index (χ3n) is 5.38. The number of guanidine groups is 1. The molecule has 2 heterocycles. The molecule has 0 spiro atoms. The number of aliphatic imine (C=N–C) groups is 1. The standard InChI is InChI=1S/C20H33N5O/c1-21-20(22-10-13-23-11-6-3-7-12-23)25-16-14-24(15-17-25)18-8-4-5-9-19(18)26-2/h4-5,8-9H,3,6-7,10-17H2,1-2H3,(H,21,22). The smallest absolute Gasteiger partial charge is 0.193 e. The molecule has 3 rings (SSSR count). The number of methoxy groups -OCH3 is 1. The molecule has 0 aromatic heterocycles. The molecule has 0 saturated carbocycles. The first-order chi connectivity index (χ1) is 12.8. The molecule has 2 aliphatic rings. The molecule has 0 aliphatic carbocycles. The number of likely N-dealkylation sites (tertiary alicyclic amines) is 1. The second-order valence-electron chi connectivity index (χ2n) is 7.02. The van der Waals surface area contributed by atoms with Gasteiger partial charge in [0.05, 0.1) is 12.8 Å². The lowest BCUT2D eigenvalue weighted by molar-refractivity contribution is 0.231. The summed E-state index contributed by atoms with van der Waals surface area (Å²) in [5.41, 5.74) is 1.18. The van der Waals surface area contributed by atoms with Gasteiger partial charge in [-0.05, 0) is 38.1 Å². The molecule has 6 nitrogen and oxygen atoms in total. The van der Waals surface area contributed by atoms with Crippen molar-refractivity contribution in [1.82, 2.24) is 15.1 Å². The second kappa shape index (κ2) is 9.67. The van der Waals surface area contributed by atoms with Crippen molar-refractivity contribution in [1.29, 1.82) is 0 Å². The van der Waals surface area contributed by atoms with Crippen molar-refractivity contribution in [2.75, 3.05) is 71.4 Å². The number of piperidine rings is 1. The van der Waals surface area contributed by atoms with Gasteiger partial charge in [-0.3, -0.25) is 4.99 Å². The third-order valence-corrected chi connectivity index (χ3v) is 5.38. The molecule has 144 valence electrons. The number of rotatable bonds is 5. The van der Waals surface area contributed by atoms with E-state index in [2.05, 4.69) is 37.1 Å². The SMILES string of the molecule is CN=C(NCCN1CCCCC1)N1CCN(c2ccccc2OC)CC1. The summed E-state index contributed by atoms with van der Waals surface area (Å²) in [4.78, 5) is 11.8. The van der Waals surface area contributed by atoms with Crippen LogP contribution in [-0.2, 0) is 0 Å². The van der Waals surface area contributed by atoms with Gasteiger partial charge in [0, 0.05) is 46.3 Å². The van der Waals surface area contributed by atoms with E-state index in [0.717, 1.165) is 51.0 Å². The number of hydrogen-bond acceptors (Lipinski definition) is 4. The van der Waals surface area contributed by atoms with Gasteiger partial charge in [0.25, 0.3) is 0 Å². The first-order valence-electron chi connectivity index (χ1n) is 9.87. The van der Waals surface area contributed by atoms with Crippen LogP contribution in [0, 0.1) is 0 Å². The van der Waals surface area contributed by atoms with Gasteiger partial charge in [0.1, 0.15) is 5.75 Å². The average molecular weight is 360 g/mol. The maximum atomic E-state index is 5.51. The number of benzene rings is 1. The van der Waals surface area contributed by atoms with Crippen molar-refractivity contribution in [3.05, 3.63) is 24.3 Å². The summed E-state index contributed by atoms with van der Waals surface area (Å²) < 4.78 is 5.51. The molecular formula is C20H33N5O. The maximum absolute atomic E-state index is 5.51. The number of para-hydroxylation sites is 2. The quantitative estimate of drug-likeness (QED) is 0.642. The Morgan fingerprint density at radius 1 is 1.04 bits per heavy atom. The molecule has 0 radical (unpaired) electrons. The van der Waals surface area contributed by atoms with Gasteiger partial charge in [-0.25, -0.2) is 0 Å². The van der Waals surface area contributed by atoms with E-state index in [-0.39, 0.29) is 0 Å². The van der Waals surface area contributed by atoms with Crippen LogP contribution in [0.25, 0.3) is 0 Å². The van der Waals surface area contributed by atoms with Crippen LogP contribution in [0.2, 0.25) is 0 Å². The van der Waals surface area contributed by atoms with Crippen molar-refractivity contribution in [2.24, 2.45) is 4.99 Å². The Balaban J connectivity index is 1.46. The molecule has 2 aliphatic heterocycles. The zero-order valence-electron chi connectivity index (χ0n) is 16.3. The van der Waals surface area contributed by atoms with Crippen LogP contribution in [0.4, 0.5) is 5.69 Å². The third kappa shape index (κ3) is 4.81. The monoisotopic (exact) mass is 359 g/mol. The largest absolute Gasteiger partial charge is 0.495 e. The average Bonchev–Trinajstić information content (AvgIpc) is 2.72. The predicted molar refractivity (Wildman–Crippen MR) is 108 cm³/mol. The Kier molecular flexibility index (Phi) is 7.00. The van der Waals surface area contributed by atoms with E-state index >= 15 is 0 Å². The lowest BCUT2D eigenvalue weighted by Gasteiger charge is -2.38. The van der Waals surface area contributed by atoms with Gasteiger partial charge in [0.2, 0.25) is 0 Å². The minimum absolute atomic E-state index is 0.949. The highest BCUT2D eigenvalue weighted by Gasteiger charge is 2.21. The Labute approximate surface area is 157 Å². The van der Waals surface area contributed by atoms with Crippen molar-refractivity contribution in [2.45, 2.75) is 19.3 Å². The molecule has 2 saturated heterocycles. The van der Waals surface area contributed by atoms with Gasteiger partial charge in [-0.15, -0.1) is 0 Å². The summed E-state index contributed by atoms with van der Waals surface area (Å²) in [6.07, 6.45) is 4.08. The van der Waals surface area contributed by atoms with E-state index in [1.54, 1.807) is 7.11 Å². The van der Waals surface area contributed by atoms with E-state index in [1.807, 2.05) is 19.2 Å². The number of piperazine rings is 1. The van der Waals surface area contributed by atoms with E-state index in [0.29, 0.717) is 0 Å². The number of nitrogens with zero attached hydrogens (tertiary/aromatic N) is 4. The van der Waals surface area contributed by atoms with Gasteiger partial charge in [-0.1, -0.05) is 18.6 Å². The molecule has 0 bridgehead atoms. The summed E-state index contributed by atoms with van der Waals surface area (Å²) in [6.45, 7) is 8.48. The first kappa shape index (κ1) is 18.8. The van der Waals surface area contributed by atoms with E-state index in [4.69, 9.17) is 4.74 Å². The summed E-state index contributed by atoms with van der Waals surface area (Å²) in [5, 5.41) is 3.55. The van der Waals surface area contributed by atoms with Gasteiger partial charge < -0.3 is 24.8 Å². The van der Waals surface area contributed by atoms with Crippen LogP contribution in [0.5, 0.6) is 5.75 Å². The van der Waals surface area contributed by atoms with Crippen molar-refractivity contribution in [3.63, 3.8) is 0 Å². The van der Waals surface area contributed by atoms with Crippen molar-refractivity contribution < 1.29 is 4.74 Å². The molecule has 6 heteroatoms. The number of hydrogen-bond donors (Lipinski definition) is 1. The maximum Gasteiger partial charge on any atom is 0.193 e. The van der Waals surface area contributed by atoms with Gasteiger partial charge >= 0.3 is 0 Å².